The molecule has 12 nitrogen and oxygen atoms in total. The molecule has 0 saturated carbocycles. The summed E-state index contributed by atoms with van der Waals surface area (Å²) in [6, 6.07) is 10.2. The molecule has 0 aliphatic rings. The Labute approximate surface area is 254 Å². The summed E-state index contributed by atoms with van der Waals surface area (Å²) < 4.78 is 19.9. The number of ether oxygens (including phenoxy) is 1. The average molecular weight is 612 g/mol. The highest BCUT2D eigenvalue weighted by Gasteiger charge is 2.34. The first-order valence-corrected chi connectivity index (χ1v) is 14.2. The standard InChI is InChI=1S/C31H38FN5O7/c1-31(2,43)13-12-19(28(34)40)16-26(44-30(42)21(33)10-11-27(38)39)24(15-18-6-5-7-20(32)14-18)37-29(41)25-17-35-22-8-3-4-9-23(22)36-25/h3-9,14,17,19,21,24,26,43H,10-13,15-16,33H2,1-2H3,(H2,34,40)(H,37,41)(H,38,39). The second-order valence-electron chi connectivity index (χ2n) is 11.4. The van der Waals surface area contributed by atoms with Crippen LogP contribution >= 0.6 is 0 Å². The lowest BCUT2D eigenvalue weighted by molar-refractivity contribution is -0.154. The lowest BCUT2D eigenvalue weighted by Gasteiger charge is -2.31. The number of carboxylic acid groups (broad SMARTS) is 1. The molecule has 3 rings (SSSR count). The number of benzene rings is 2. The fourth-order valence-corrected chi connectivity index (χ4v) is 4.61. The molecule has 4 atom stereocenters. The van der Waals surface area contributed by atoms with Crippen molar-refractivity contribution in [2.24, 2.45) is 17.4 Å². The zero-order valence-electron chi connectivity index (χ0n) is 24.6. The zero-order chi connectivity index (χ0) is 32.4. The topological polar surface area (TPSA) is 208 Å². The van der Waals surface area contributed by atoms with E-state index in [4.69, 9.17) is 21.3 Å². The van der Waals surface area contributed by atoms with E-state index in [1.807, 2.05) is 0 Å². The molecule has 1 heterocycles. The van der Waals surface area contributed by atoms with Crippen molar-refractivity contribution in [1.29, 1.82) is 0 Å². The van der Waals surface area contributed by atoms with Crippen molar-refractivity contribution in [2.45, 2.75) is 76.2 Å². The van der Waals surface area contributed by atoms with Gasteiger partial charge in [-0.1, -0.05) is 24.3 Å². The normalized spacial score (nSPS) is 14.3. The number of aromatic nitrogens is 2. The van der Waals surface area contributed by atoms with E-state index in [9.17, 15) is 28.7 Å². The number of hydrogen-bond donors (Lipinski definition) is 5. The quantitative estimate of drug-likeness (QED) is 0.149. The molecule has 0 spiro atoms. The average Bonchev–Trinajstić information content (AvgIpc) is 2.96. The van der Waals surface area contributed by atoms with Crippen LogP contribution in [-0.4, -0.2) is 67.7 Å². The third-order valence-electron chi connectivity index (χ3n) is 7.05. The fourth-order valence-electron chi connectivity index (χ4n) is 4.61. The van der Waals surface area contributed by atoms with E-state index in [0.717, 1.165) is 0 Å². The molecular formula is C31H38FN5O7. The molecule has 0 aliphatic carbocycles. The Balaban J connectivity index is 1.99. The minimum Gasteiger partial charge on any atom is -0.481 e. The van der Waals surface area contributed by atoms with Gasteiger partial charge in [0.25, 0.3) is 5.91 Å². The first-order valence-electron chi connectivity index (χ1n) is 14.2. The molecule has 3 aromatic rings. The van der Waals surface area contributed by atoms with Gasteiger partial charge in [0, 0.05) is 12.3 Å². The van der Waals surface area contributed by atoms with Crippen molar-refractivity contribution in [1.82, 2.24) is 15.3 Å². The van der Waals surface area contributed by atoms with Crippen LogP contribution in [0.2, 0.25) is 0 Å². The summed E-state index contributed by atoms with van der Waals surface area (Å²) in [7, 11) is 0. The van der Waals surface area contributed by atoms with Gasteiger partial charge in [-0.3, -0.25) is 24.2 Å². The molecule has 0 fully saturated rings. The van der Waals surface area contributed by atoms with E-state index < -0.39 is 59.3 Å². The van der Waals surface area contributed by atoms with Gasteiger partial charge >= 0.3 is 11.9 Å². The molecule has 0 aliphatic heterocycles. The van der Waals surface area contributed by atoms with Crippen LogP contribution in [0, 0.1) is 11.7 Å². The van der Waals surface area contributed by atoms with Crippen LogP contribution in [0.5, 0.6) is 0 Å². The molecule has 4 unspecified atom stereocenters. The summed E-state index contributed by atoms with van der Waals surface area (Å²) in [5, 5.41) is 22.1. The summed E-state index contributed by atoms with van der Waals surface area (Å²) in [5.41, 5.74) is 11.9. The molecule has 0 radical (unpaired) electrons. The van der Waals surface area contributed by atoms with Crippen molar-refractivity contribution in [2.75, 3.05) is 0 Å². The van der Waals surface area contributed by atoms with Gasteiger partial charge in [0.2, 0.25) is 5.91 Å². The number of aliphatic hydroxyl groups is 1. The number of carboxylic acids is 1. The number of carbonyl (C=O) groups excluding carboxylic acids is 3. The molecule has 13 heteroatoms. The van der Waals surface area contributed by atoms with Gasteiger partial charge in [0.15, 0.2) is 0 Å². The van der Waals surface area contributed by atoms with Crippen molar-refractivity contribution in [3.63, 3.8) is 0 Å². The van der Waals surface area contributed by atoms with Crippen molar-refractivity contribution in [3.05, 3.63) is 71.8 Å². The van der Waals surface area contributed by atoms with E-state index in [2.05, 4.69) is 15.3 Å². The largest absolute Gasteiger partial charge is 0.481 e. The summed E-state index contributed by atoms with van der Waals surface area (Å²) in [6.07, 6.45) is -0.432. The first kappa shape index (κ1) is 34.0. The van der Waals surface area contributed by atoms with Gasteiger partial charge in [-0.25, -0.2) is 9.37 Å². The van der Waals surface area contributed by atoms with Crippen LogP contribution in [-0.2, 0) is 25.5 Å². The van der Waals surface area contributed by atoms with E-state index in [1.165, 1.54) is 24.4 Å². The van der Waals surface area contributed by atoms with Crippen LogP contribution in [0.1, 0.15) is 62.0 Å². The maximum absolute atomic E-state index is 14.1. The molecular weight excluding hydrogens is 573 g/mol. The number of rotatable bonds is 16. The summed E-state index contributed by atoms with van der Waals surface area (Å²) >= 11 is 0. The van der Waals surface area contributed by atoms with Crippen LogP contribution in [0.4, 0.5) is 4.39 Å². The minimum absolute atomic E-state index is 0.0374. The molecule has 1 aromatic heterocycles. The van der Waals surface area contributed by atoms with Gasteiger partial charge in [-0.2, -0.15) is 0 Å². The van der Waals surface area contributed by atoms with Gasteiger partial charge in [0.05, 0.1) is 28.9 Å². The number of nitrogens with two attached hydrogens (primary N) is 2. The summed E-state index contributed by atoms with van der Waals surface area (Å²) in [6.45, 7) is 3.14. The monoisotopic (exact) mass is 611 g/mol. The van der Waals surface area contributed by atoms with Crippen LogP contribution in [0.3, 0.4) is 0 Å². The third kappa shape index (κ3) is 10.7. The number of fused-ring (bicyclic) bond motifs is 1. The molecule has 44 heavy (non-hydrogen) atoms. The Morgan fingerprint density at radius 3 is 2.41 bits per heavy atom. The van der Waals surface area contributed by atoms with E-state index >= 15 is 0 Å². The van der Waals surface area contributed by atoms with Gasteiger partial charge in [-0.05, 0) is 75.8 Å². The van der Waals surface area contributed by atoms with Gasteiger partial charge in [0.1, 0.15) is 23.7 Å². The second-order valence-corrected chi connectivity index (χ2v) is 11.4. The molecule has 0 saturated heterocycles. The van der Waals surface area contributed by atoms with E-state index in [-0.39, 0.29) is 44.2 Å². The molecule has 7 N–H and O–H groups in total. The lowest BCUT2D eigenvalue weighted by Crippen LogP contribution is -2.50. The highest BCUT2D eigenvalue weighted by Crippen LogP contribution is 2.24. The van der Waals surface area contributed by atoms with E-state index in [1.54, 1.807) is 44.2 Å². The Kier molecular flexibility index (Phi) is 11.8. The minimum atomic E-state index is -1.31. The smallest absolute Gasteiger partial charge is 0.323 e. The van der Waals surface area contributed by atoms with Gasteiger partial charge < -0.3 is 31.7 Å². The maximum Gasteiger partial charge on any atom is 0.323 e. The fraction of sp³-hybridized carbons (Fsp3) is 0.419. The van der Waals surface area contributed by atoms with Crippen molar-refractivity contribution >= 4 is 34.8 Å². The molecule has 236 valence electrons. The third-order valence-corrected chi connectivity index (χ3v) is 7.05. The number of aliphatic carboxylic acids is 1. The number of esters is 1. The van der Waals surface area contributed by atoms with Crippen LogP contribution in [0.25, 0.3) is 11.0 Å². The summed E-state index contributed by atoms with van der Waals surface area (Å²) in [4.78, 5) is 58.7. The first-order chi connectivity index (χ1) is 20.7. The highest BCUT2D eigenvalue weighted by atomic mass is 19.1. The predicted molar refractivity (Wildman–Crippen MR) is 158 cm³/mol. The number of para-hydroxylation sites is 2. The van der Waals surface area contributed by atoms with Crippen molar-refractivity contribution < 1.29 is 38.5 Å². The molecule has 2 amide bonds. The molecule has 0 bridgehead atoms. The number of carbonyl (C=O) groups is 4. The SMILES string of the molecule is CC(C)(O)CCC(CC(OC(=O)C(N)CCC(=O)O)C(Cc1cccc(F)c1)NC(=O)c1cnc2ccccc2n1)C(N)=O. The lowest BCUT2D eigenvalue weighted by atomic mass is 9.87. The molecule has 2 aromatic carbocycles. The van der Waals surface area contributed by atoms with Crippen LogP contribution in [0.15, 0.2) is 54.7 Å². The van der Waals surface area contributed by atoms with Crippen LogP contribution < -0.4 is 16.8 Å². The van der Waals surface area contributed by atoms with Crippen molar-refractivity contribution in [3.8, 4) is 0 Å². The second kappa shape index (κ2) is 15.3. The number of nitrogens with zero attached hydrogens (tertiary/aromatic N) is 2. The Morgan fingerprint density at radius 2 is 1.77 bits per heavy atom. The number of amides is 2. The van der Waals surface area contributed by atoms with Gasteiger partial charge in [-0.15, -0.1) is 0 Å². The highest BCUT2D eigenvalue weighted by molar-refractivity contribution is 5.94. The Bertz CT molecular complexity index is 1480. The number of halogens is 1. The maximum atomic E-state index is 14.1. The number of hydrogen-bond acceptors (Lipinski definition) is 9. The summed E-state index contributed by atoms with van der Waals surface area (Å²) in [5.74, 6) is -4.93. The Hall–Kier alpha value is -4.49. The zero-order valence-corrected chi connectivity index (χ0v) is 24.6. The number of primary amides is 1. The van der Waals surface area contributed by atoms with E-state index in [0.29, 0.717) is 16.6 Å². The Morgan fingerprint density at radius 1 is 1.07 bits per heavy atom. The number of nitrogens with one attached hydrogen (secondary N) is 1. The predicted octanol–water partition coefficient (Wildman–Crippen LogP) is 2.26.